The number of carbonyl (C=O) groups excluding carboxylic acids is 4. The number of rotatable bonds is 4. The number of benzene rings is 5. The molecule has 4 amide bonds. The van der Waals surface area contributed by atoms with Crippen LogP contribution in [0.5, 0.6) is 0 Å². The fourth-order valence-corrected chi connectivity index (χ4v) is 8.90. The van der Waals surface area contributed by atoms with Crippen molar-refractivity contribution in [2.75, 3.05) is 0 Å². The minimum absolute atomic E-state index is 0.0308. The fourth-order valence-electron chi connectivity index (χ4n) is 8.90. The van der Waals surface area contributed by atoms with Crippen LogP contribution >= 0.6 is 0 Å². The molecule has 0 N–H and O–H groups in total. The van der Waals surface area contributed by atoms with Gasteiger partial charge in [0.15, 0.2) is 0 Å². The van der Waals surface area contributed by atoms with Crippen LogP contribution < -0.4 is 0 Å². The highest BCUT2D eigenvalue weighted by Gasteiger charge is 2.39. The lowest BCUT2D eigenvalue weighted by molar-refractivity contribution is 0.0487. The predicted molar refractivity (Wildman–Crippen MR) is 187 cm³/mol. The number of amides is 4. The molecule has 9 rings (SSSR count). The molecule has 2 saturated carbocycles. The second kappa shape index (κ2) is 11.3. The van der Waals surface area contributed by atoms with E-state index in [0.717, 1.165) is 108 Å². The van der Waals surface area contributed by atoms with Gasteiger partial charge in [0.25, 0.3) is 23.6 Å². The molecule has 0 bridgehead atoms. The number of hydrogen-bond acceptors (Lipinski definition) is 4. The summed E-state index contributed by atoms with van der Waals surface area (Å²) >= 11 is 0. The van der Waals surface area contributed by atoms with E-state index in [0.29, 0.717) is 22.3 Å². The van der Waals surface area contributed by atoms with E-state index < -0.39 is 0 Å². The van der Waals surface area contributed by atoms with Crippen molar-refractivity contribution in [1.82, 2.24) is 9.80 Å². The Balaban J connectivity index is 1.08. The lowest BCUT2D eigenvalue weighted by Crippen LogP contribution is -2.47. The van der Waals surface area contributed by atoms with Gasteiger partial charge in [-0.05, 0) is 83.0 Å². The minimum Gasteiger partial charge on any atom is -0.271 e. The van der Waals surface area contributed by atoms with Crippen LogP contribution in [0.3, 0.4) is 0 Å². The van der Waals surface area contributed by atoms with Gasteiger partial charge in [-0.2, -0.15) is 0 Å². The standard InChI is InChI=1S/C42H36N2O4/c45-39-33-15-7-13-31-29(21-23-35(37(31)33)41(47)43(39)27-9-3-1-4-10-27)25-17-19-26(20-18-25)30-22-24-36-38-32(30)14-8-16-34(38)40(46)44(42(36)48)28-11-5-2-6-12-28/h7-8,13-24,27-28H,1-6,9-12H2. The van der Waals surface area contributed by atoms with Crippen molar-refractivity contribution in [2.24, 2.45) is 0 Å². The highest BCUT2D eigenvalue weighted by molar-refractivity contribution is 6.28. The van der Waals surface area contributed by atoms with E-state index in [4.69, 9.17) is 0 Å². The molecular formula is C42H36N2O4. The molecule has 5 aromatic carbocycles. The Morgan fingerprint density at radius 2 is 0.708 bits per heavy atom. The molecule has 0 aromatic heterocycles. The van der Waals surface area contributed by atoms with Gasteiger partial charge in [0, 0.05) is 45.1 Å². The first-order valence-corrected chi connectivity index (χ1v) is 17.5. The zero-order valence-electron chi connectivity index (χ0n) is 26.8. The Kier molecular flexibility index (Phi) is 6.82. The Morgan fingerprint density at radius 3 is 1.08 bits per heavy atom. The Bertz CT molecular complexity index is 1990. The first-order valence-electron chi connectivity index (χ1n) is 17.5. The van der Waals surface area contributed by atoms with E-state index in [1.165, 1.54) is 9.80 Å². The van der Waals surface area contributed by atoms with Crippen molar-refractivity contribution in [2.45, 2.75) is 76.3 Å². The van der Waals surface area contributed by atoms with Gasteiger partial charge in [-0.1, -0.05) is 99.2 Å². The summed E-state index contributed by atoms with van der Waals surface area (Å²) in [4.78, 5) is 58.0. The molecule has 238 valence electrons. The second-order valence-corrected chi connectivity index (χ2v) is 13.9. The van der Waals surface area contributed by atoms with E-state index >= 15 is 0 Å². The van der Waals surface area contributed by atoms with Gasteiger partial charge in [0.05, 0.1) is 0 Å². The van der Waals surface area contributed by atoms with Crippen LogP contribution in [0, 0.1) is 0 Å². The second-order valence-electron chi connectivity index (χ2n) is 13.9. The molecule has 0 unspecified atom stereocenters. The average Bonchev–Trinajstić information content (AvgIpc) is 3.13. The number of carbonyl (C=O) groups is 4. The third kappa shape index (κ3) is 4.31. The van der Waals surface area contributed by atoms with Gasteiger partial charge in [0.1, 0.15) is 0 Å². The summed E-state index contributed by atoms with van der Waals surface area (Å²) in [6.45, 7) is 0. The third-order valence-electron chi connectivity index (χ3n) is 11.3. The van der Waals surface area contributed by atoms with Crippen LogP contribution in [-0.4, -0.2) is 45.5 Å². The van der Waals surface area contributed by atoms with Gasteiger partial charge in [0.2, 0.25) is 0 Å². The first kappa shape index (κ1) is 29.1. The van der Waals surface area contributed by atoms with Gasteiger partial charge in [-0.25, -0.2) is 0 Å². The van der Waals surface area contributed by atoms with Crippen molar-refractivity contribution in [1.29, 1.82) is 0 Å². The van der Waals surface area contributed by atoms with Gasteiger partial charge in [-0.15, -0.1) is 0 Å². The summed E-state index contributed by atoms with van der Waals surface area (Å²) < 4.78 is 0. The van der Waals surface area contributed by atoms with Gasteiger partial charge < -0.3 is 0 Å². The van der Waals surface area contributed by atoms with Crippen LogP contribution in [0.4, 0.5) is 0 Å². The summed E-state index contributed by atoms with van der Waals surface area (Å²) in [6, 6.07) is 27.5. The van der Waals surface area contributed by atoms with Crippen LogP contribution in [0.15, 0.2) is 84.9 Å². The van der Waals surface area contributed by atoms with Crippen LogP contribution in [-0.2, 0) is 0 Å². The SMILES string of the molecule is O=C1c2cccc3c(-c4ccc(-c5ccc6c7c(cccc57)C(=O)N(C5CCCCC5)C6=O)cc4)ccc(c23)C(=O)N1C1CCCCC1. The molecule has 2 aliphatic heterocycles. The molecule has 0 atom stereocenters. The normalized spacial score (nSPS) is 18.8. The number of nitrogens with zero attached hydrogens (tertiary/aromatic N) is 2. The largest absolute Gasteiger partial charge is 0.271 e. The van der Waals surface area contributed by atoms with E-state index in [1.54, 1.807) is 0 Å². The van der Waals surface area contributed by atoms with Crippen molar-refractivity contribution < 1.29 is 19.2 Å². The van der Waals surface area contributed by atoms with Crippen molar-refractivity contribution in [3.05, 3.63) is 107 Å². The summed E-state index contributed by atoms with van der Waals surface area (Å²) in [6.07, 6.45) is 9.98. The molecule has 0 radical (unpaired) electrons. The minimum atomic E-state index is -0.181. The Morgan fingerprint density at radius 1 is 0.375 bits per heavy atom. The average molecular weight is 633 g/mol. The predicted octanol–water partition coefficient (Wildman–Crippen LogP) is 9.18. The topological polar surface area (TPSA) is 74.8 Å². The monoisotopic (exact) mass is 632 g/mol. The molecule has 0 saturated heterocycles. The lowest BCUT2D eigenvalue weighted by atomic mass is 9.85. The molecular weight excluding hydrogens is 596 g/mol. The highest BCUT2D eigenvalue weighted by Crippen LogP contribution is 2.41. The smallest absolute Gasteiger partial charge is 0.261 e. The van der Waals surface area contributed by atoms with Crippen LogP contribution in [0.1, 0.15) is 106 Å². The molecule has 5 aromatic rings. The molecule has 4 aliphatic rings. The molecule has 48 heavy (non-hydrogen) atoms. The first-order chi connectivity index (χ1) is 23.5. The lowest BCUT2D eigenvalue weighted by Gasteiger charge is -2.36. The number of hydrogen-bond donors (Lipinski definition) is 0. The summed E-state index contributed by atoms with van der Waals surface area (Å²) in [5, 5.41) is 3.26. The van der Waals surface area contributed by atoms with E-state index in [-0.39, 0.29) is 35.7 Å². The molecule has 6 heteroatoms. The molecule has 2 aliphatic carbocycles. The molecule has 0 spiro atoms. The summed E-state index contributed by atoms with van der Waals surface area (Å²) in [5.41, 5.74) is 6.28. The quantitative estimate of drug-likeness (QED) is 0.185. The molecule has 6 nitrogen and oxygen atoms in total. The Hall–Kier alpha value is -5.10. The highest BCUT2D eigenvalue weighted by atomic mass is 16.2. The maximum absolute atomic E-state index is 13.7. The third-order valence-corrected chi connectivity index (χ3v) is 11.3. The maximum Gasteiger partial charge on any atom is 0.261 e. The fraction of sp³-hybridized carbons (Fsp3) is 0.286. The maximum atomic E-state index is 13.7. The van der Waals surface area contributed by atoms with Crippen molar-refractivity contribution >= 4 is 45.2 Å². The zero-order valence-corrected chi connectivity index (χ0v) is 26.8. The van der Waals surface area contributed by atoms with E-state index in [9.17, 15) is 19.2 Å². The van der Waals surface area contributed by atoms with Gasteiger partial charge in [-0.3, -0.25) is 29.0 Å². The van der Waals surface area contributed by atoms with Crippen LogP contribution in [0.2, 0.25) is 0 Å². The van der Waals surface area contributed by atoms with E-state index in [1.807, 2.05) is 60.7 Å². The van der Waals surface area contributed by atoms with E-state index in [2.05, 4.69) is 24.3 Å². The van der Waals surface area contributed by atoms with Crippen molar-refractivity contribution in [3.8, 4) is 22.3 Å². The van der Waals surface area contributed by atoms with Crippen molar-refractivity contribution in [3.63, 3.8) is 0 Å². The summed E-state index contributed by atoms with van der Waals surface area (Å²) in [7, 11) is 0. The Labute approximate surface area is 279 Å². The molecule has 2 fully saturated rings. The number of imide groups is 2. The van der Waals surface area contributed by atoms with Gasteiger partial charge >= 0.3 is 0 Å². The zero-order chi connectivity index (χ0) is 32.5. The summed E-state index contributed by atoms with van der Waals surface area (Å²) in [5.74, 6) is -0.725. The van der Waals surface area contributed by atoms with Crippen LogP contribution in [0.25, 0.3) is 43.8 Å². The molecule has 2 heterocycles.